The topological polar surface area (TPSA) is 55.8 Å². The van der Waals surface area contributed by atoms with Crippen molar-refractivity contribution in [3.8, 4) is 11.5 Å². The molecule has 0 spiro atoms. The van der Waals surface area contributed by atoms with Gasteiger partial charge in [-0.05, 0) is 65.3 Å². The minimum absolute atomic E-state index is 0.157. The third-order valence-corrected chi connectivity index (χ3v) is 4.57. The number of carbonyl (C=O) groups excluding carboxylic acids is 2. The summed E-state index contributed by atoms with van der Waals surface area (Å²) in [6.45, 7) is 3.62. The number of ether oxygens (including phenoxy) is 2. The lowest BCUT2D eigenvalue weighted by atomic mass is 10.1. The first kappa shape index (κ1) is 16.9. The van der Waals surface area contributed by atoms with Crippen LogP contribution in [0.4, 0.5) is 4.79 Å². The molecule has 0 unspecified atom stereocenters. The molecular formula is C15H16BrNO4S. The van der Waals surface area contributed by atoms with Gasteiger partial charge in [0.15, 0.2) is 11.5 Å². The predicted octanol–water partition coefficient (Wildman–Crippen LogP) is 3.91. The SMILES string of the molecule is COc1cc(/C=C2\SC(=O)N(C(C)C)C2=O)cc(Br)c1OC. The van der Waals surface area contributed by atoms with Gasteiger partial charge >= 0.3 is 0 Å². The van der Waals surface area contributed by atoms with Gasteiger partial charge in [-0.15, -0.1) is 0 Å². The summed E-state index contributed by atoms with van der Waals surface area (Å²) in [5.74, 6) is 0.858. The van der Waals surface area contributed by atoms with Crippen LogP contribution in [0, 0.1) is 0 Å². The summed E-state index contributed by atoms with van der Waals surface area (Å²) in [7, 11) is 3.09. The Balaban J connectivity index is 2.40. The van der Waals surface area contributed by atoms with Crippen LogP contribution in [-0.2, 0) is 4.79 Å². The molecule has 0 saturated carbocycles. The van der Waals surface area contributed by atoms with E-state index in [1.54, 1.807) is 26.4 Å². The highest BCUT2D eigenvalue weighted by atomic mass is 79.9. The first-order chi connectivity index (χ1) is 10.4. The van der Waals surface area contributed by atoms with E-state index in [1.807, 2.05) is 19.9 Å². The molecule has 5 nitrogen and oxygen atoms in total. The number of carbonyl (C=O) groups is 2. The molecule has 0 atom stereocenters. The number of thioether (sulfide) groups is 1. The quantitative estimate of drug-likeness (QED) is 0.735. The van der Waals surface area contributed by atoms with Crippen LogP contribution < -0.4 is 9.47 Å². The number of nitrogens with zero attached hydrogens (tertiary/aromatic N) is 1. The molecule has 1 aromatic rings. The molecular weight excluding hydrogens is 370 g/mol. The summed E-state index contributed by atoms with van der Waals surface area (Å²) in [6, 6.07) is 3.41. The molecule has 1 saturated heterocycles. The van der Waals surface area contributed by atoms with Crippen molar-refractivity contribution in [3.05, 3.63) is 27.1 Å². The summed E-state index contributed by atoms with van der Waals surface area (Å²) < 4.78 is 11.2. The van der Waals surface area contributed by atoms with Crippen molar-refractivity contribution >= 4 is 44.9 Å². The van der Waals surface area contributed by atoms with E-state index in [1.165, 1.54) is 4.90 Å². The number of amides is 2. The fraction of sp³-hybridized carbons (Fsp3) is 0.333. The first-order valence-corrected chi connectivity index (χ1v) is 8.18. The fourth-order valence-electron chi connectivity index (χ4n) is 2.10. The molecule has 0 aliphatic carbocycles. The second-order valence-electron chi connectivity index (χ2n) is 4.88. The van der Waals surface area contributed by atoms with Crippen molar-refractivity contribution in [1.29, 1.82) is 0 Å². The van der Waals surface area contributed by atoms with Gasteiger partial charge in [0.1, 0.15) is 0 Å². The molecule has 0 radical (unpaired) electrons. The predicted molar refractivity (Wildman–Crippen MR) is 90.2 cm³/mol. The molecule has 1 aliphatic rings. The Kier molecular flexibility index (Phi) is 5.18. The smallest absolute Gasteiger partial charge is 0.293 e. The van der Waals surface area contributed by atoms with Gasteiger partial charge in [0.2, 0.25) is 0 Å². The Bertz CT molecular complexity index is 657. The van der Waals surface area contributed by atoms with Gasteiger partial charge in [-0.1, -0.05) is 0 Å². The standard InChI is InChI=1S/C15H16BrNO4S/c1-8(2)17-14(18)12(22-15(17)19)7-9-5-10(16)13(21-4)11(6-9)20-3/h5-8H,1-4H3/b12-7-. The summed E-state index contributed by atoms with van der Waals surface area (Å²) in [5, 5.41) is -0.245. The Morgan fingerprint density at radius 1 is 1.23 bits per heavy atom. The van der Waals surface area contributed by atoms with Gasteiger partial charge in [-0.2, -0.15) is 0 Å². The Morgan fingerprint density at radius 3 is 2.41 bits per heavy atom. The van der Waals surface area contributed by atoms with E-state index in [9.17, 15) is 9.59 Å². The average Bonchev–Trinajstić information content (AvgIpc) is 2.72. The van der Waals surface area contributed by atoms with Crippen LogP contribution in [0.3, 0.4) is 0 Å². The van der Waals surface area contributed by atoms with E-state index in [0.29, 0.717) is 20.9 Å². The lowest BCUT2D eigenvalue weighted by molar-refractivity contribution is -0.123. The number of imide groups is 1. The maximum absolute atomic E-state index is 12.3. The molecule has 1 fully saturated rings. The van der Waals surface area contributed by atoms with Crippen LogP contribution in [-0.4, -0.2) is 36.3 Å². The van der Waals surface area contributed by atoms with Gasteiger partial charge in [0.25, 0.3) is 11.1 Å². The maximum atomic E-state index is 12.3. The molecule has 0 aromatic heterocycles. The molecule has 2 amide bonds. The molecule has 118 valence electrons. The first-order valence-electron chi connectivity index (χ1n) is 6.57. The zero-order chi connectivity index (χ0) is 16.4. The van der Waals surface area contributed by atoms with E-state index < -0.39 is 0 Å². The van der Waals surface area contributed by atoms with Crippen molar-refractivity contribution < 1.29 is 19.1 Å². The van der Waals surface area contributed by atoms with Crippen LogP contribution in [0.25, 0.3) is 6.08 Å². The second kappa shape index (κ2) is 6.75. The van der Waals surface area contributed by atoms with Crippen LogP contribution in [0.15, 0.2) is 21.5 Å². The lowest BCUT2D eigenvalue weighted by Gasteiger charge is -2.16. The minimum atomic E-state index is -0.268. The third-order valence-electron chi connectivity index (χ3n) is 3.09. The maximum Gasteiger partial charge on any atom is 0.293 e. The number of halogens is 1. The van der Waals surface area contributed by atoms with Crippen LogP contribution in [0.1, 0.15) is 19.4 Å². The van der Waals surface area contributed by atoms with Crippen molar-refractivity contribution in [2.75, 3.05) is 14.2 Å². The molecule has 7 heteroatoms. The number of hydrogen-bond donors (Lipinski definition) is 0. The molecule has 1 aromatic carbocycles. The van der Waals surface area contributed by atoms with Crippen molar-refractivity contribution in [2.24, 2.45) is 0 Å². The number of hydrogen-bond acceptors (Lipinski definition) is 5. The highest BCUT2D eigenvalue weighted by molar-refractivity contribution is 9.10. The van der Waals surface area contributed by atoms with E-state index in [-0.39, 0.29) is 17.2 Å². The van der Waals surface area contributed by atoms with Crippen molar-refractivity contribution in [1.82, 2.24) is 4.90 Å². The molecule has 1 heterocycles. The van der Waals surface area contributed by atoms with E-state index in [2.05, 4.69) is 15.9 Å². The normalized spacial score (nSPS) is 16.8. The van der Waals surface area contributed by atoms with Gasteiger partial charge in [-0.3, -0.25) is 14.5 Å². The monoisotopic (exact) mass is 385 g/mol. The lowest BCUT2D eigenvalue weighted by Crippen LogP contribution is -2.34. The average molecular weight is 386 g/mol. The zero-order valence-electron chi connectivity index (χ0n) is 12.7. The van der Waals surface area contributed by atoms with Crippen molar-refractivity contribution in [2.45, 2.75) is 19.9 Å². The van der Waals surface area contributed by atoms with Gasteiger partial charge in [-0.25, -0.2) is 0 Å². The Labute approximate surface area is 141 Å². The third kappa shape index (κ3) is 3.15. The van der Waals surface area contributed by atoms with Crippen LogP contribution >= 0.6 is 27.7 Å². The molecule has 1 aliphatic heterocycles. The van der Waals surface area contributed by atoms with E-state index >= 15 is 0 Å². The molecule has 0 N–H and O–H groups in total. The van der Waals surface area contributed by atoms with Crippen molar-refractivity contribution in [3.63, 3.8) is 0 Å². The summed E-state index contributed by atoms with van der Waals surface area (Å²) in [6.07, 6.45) is 1.68. The Morgan fingerprint density at radius 2 is 1.91 bits per heavy atom. The van der Waals surface area contributed by atoms with Gasteiger partial charge in [0, 0.05) is 6.04 Å². The fourth-order valence-corrected chi connectivity index (χ4v) is 3.68. The van der Waals surface area contributed by atoms with Gasteiger partial charge < -0.3 is 9.47 Å². The summed E-state index contributed by atoms with van der Waals surface area (Å²) >= 11 is 4.35. The van der Waals surface area contributed by atoms with Crippen LogP contribution in [0.2, 0.25) is 0 Å². The van der Waals surface area contributed by atoms with E-state index in [0.717, 1.165) is 17.3 Å². The number of benzene rings is 1. The second-order valence-corrected chi connectivity index (χ2v) is 6.73. The summed E-state index contributed by atoms with van der Waals surface area (Å²) in [5.41, 5.74) is 0.749. The Hall–Kier alpha value is -1.47. The number of methoxy groups -OCH3 is 2. The molecule has 2 rings (SSSR count). The highest BCUT2D eigenvalue weighted by Crippen LogP contribution is 2.39. The molecule has 22 heavy (non-hydrogen) atoms. The number of rotatable bonds is 4. The van der Waals surface area contributed by atoms with Gasteiger partial charge in [0.05, 0.1) is 23.6 Å². The highest BCUT2D eigenvalue weighted by Gasteiger charge is 2.36. The minimum Gasteiger partial charge on any atom is -0.493 e. The van der Waals surface area contributed by atoms with E-state index in [4.69, 9.17) is 9.47 Å². The van der Waals surface area contributed by atoms with Crippen LogP contribution in [0.5, 0.6) is 11.5 Å². The largest absolute Gasteiger partial charge is 0.493 e. The molecule has 0 bridgehead atoms. The zero-order valence-corrected chi connectivity index (χ0v) is 15.1. The summed E-state index contributed by atoms with van der Waals surface area (Å²) in [4.78, 5) is 25.8.